The molecule has 0 spiro atoms. The Morgan fingerprint density at radius 3 is 2.45 bits per heavy atom. The number of nitrogens with zero attached hydrogens (tertiary/aromatic N) is 1. The molecular weight excluding hydrogens is 480 g/mol. The number of carbonyl (C=O) groups is 1. The predicted octanol–water partition coefficient (Wildman–Crippen LogP) is 4.65. The molecule has 2 atom stereocenters. The average Bonchev–Trinajstić information content (AvgIpc) is 2.73. The summed E-state index contributed by atoms with van der Waals surface area (Å²) in [6.07, 6.45) is 0.250. The van der Waals surface area contributed by atoms with E-state index in [2.05, 4.69) is 26.1 Å². The summed E-state index contributed by atoms with van der Waals surface area (Å²) in [4.78, 5) is 15.2. The Morgan fingerprint density at radius 2 is 1.81 bits per heavy atom. The smallest absolute Gasteiger partial charge is 0.262 e. The van der Waals surface area contributed by atoms with E-state index < -0.39 is 0 Å². The topological polar surface area (TPSA) is 60.0 Å². The summed E-state index contributed by atoms with van der Waals surface area (Å²) in [6.45, 7) is 7.85. The van der Waals surface area contributed by atoms with Crippen molar-refractivity contribution in [2.45, 2.75) is 33.0 Å². The van der Waals surface area contributed by atoms with Crippen LogP contribution in [0.25, 0.3) is 0 Å². The molecule has 1 heterocycles. The van der Waals surface area contributed by atoms with Gasteiger partial charge >= 0.3 is 0 Å². The van der Waals surface area contributed by atoms with Crippen molar-refractivity contribution in [2.75, 3.05) is 31.6 Å². The predicted molar refractivity (Wildman–Crippen MR) is 129 cm³/mol. The van der Waals surface area contributed by atoms with Gasteiger partial charge in [-0.25, -0.2) is 0 Å². The van der Waals surface area contributed by atoms with Crippen LogP contribution < -0.4 is 14.8 Å². The fourth-order valence-electron chi connectivity index (χ4n) is 3.43. The molecule has 3 rings (SSSR count). The van der Waals surface area contributed by atoms with E-state index in [0.717, 1.165) is 28.1 Å². The van der Waals surface area contributed by atoms with E-state index in [1.54, 1.807) is 6.07 Å². The van der Waals surface area contributed by atoms with Crippen LogP contribution in [-0.2, 0) is 9.53 Å². The molecule has 8 heteroatoms. The maximum absolute atomic E-state index is 12.3. The second kappa shape index (κ2) is 10.9. The highest BCUT2D eigenvalue weighted by atomic mass is 79.9. The molecule has 1 saturated heterocycles. The van der Waals surface area contributed by atoms with Gasteiger partial charge in [-0.05, 0) is 63.2 Å². The first kappa shape index (κ1) is 23.5. The van der Waals surface area contributed by atoms with E-state index in [1.165, 1.54) is 0 Å². The Bertz CT molecular complexity index is 912. The number of halogens is 1. The number of carbonyl (C=O) groups excluding carboxylic acids is 1. The SMILES string of the molecule is CCOc1cc(C(=S)N2C[C@H](C)O[C@@H](C)C2)ccc1OCC(=O)Nc1ccc(Br)cc1. The van der Waals surface area contributed by atoms with Gasteiger partial charge in [-0.1, -0.05) is 28.1 Å². The van der Waals surface area contributed by atoms with E-state index in [1.807, 2.05) is 57.2 Å². The number of thiocarbonyl (C=S) groups is 1. The minimum atomic E-state index is -0.249. The molecule has 0 radical (unpaired) electrons. The van der Waals surface area contributed by atoms with Gasteiger partial charge in [0.25, 0.3) is 5.91 Å². The van der Waals surface area contributed by atoms with Crippen LogP contribution >= 0.6 is 28.1 Å². The number of hydrogen-bond acceptors (Lipinski definition) is 5. The molecule has 6 nitrogen and oxygen atoms in total. The third-order valence-corrected chi connectivity index (χ3v) is 5.71. The van der Waals surface area contributed by atoms with Crippen LogP contribution in [0.3, 0.4) is 0 Å². The summed E-state index contributed by atoms with van der Waals surface area (Å²) in [6, 6.07) is 12.9. The van der Waals surface area contributed by atoms with Crippen molar-refractivity contribution >= 4 is 44.7 Å². The number of rotatable bonds is 7. The third kappa shape index (κ3) is 6.66. The van der Waals surface area contributed by atoms with Crippen molar-refractivity contribution in [2.24, 2.45) is 0 Å². The Hall–Kier alpha value is -2.16. The van der Waals surface area contributed by atoms with Crippen molar-refractivity contribution in [1.82, 2.24) is 4.90 Å². The maximum Gasteiger partial charge on any atom is 0.262 e. The summed E-state index contributed by atoms with van der Waals surface area (Å²) in [5.74, 6) is 0.817. The molecule has 166 valence electrons. The number of amides is 1. The van der Waals surface area contributed by atoms with Gasteiger partial charge in [-0.3, -0.25) is 4.79 Å². The summed E-state index contributed by atoms with van der Waals surface area (Å²) in [7, 11) is 0. The van der Waals surface area contributed by atoms with Gasteiger partial charge in [-0.2, -0.15) is 0 Å². The maximum atomic E-state index is 12.3. The quantitative estimate of drug-likeness (QED) is 0.551. The van der Waals surface area contributed by atoms with Crippen LogP contribution in [-0.4, -0.2) is 54.3 Å². The van der Waals surface area contributed by atoms with Gasteiger partial charge in [-0.15, -0.1) is 0 Å². The fourth-order valence-corrected chi connectivity index (χ4v) is 3.97. The Morgan fingerprint density at radius 1 is 1.13 bits per heavy atom. The molecule has 1 aliphatic heterocycles. The minimum absolute atomic E-state index is 0.125. The normalized spacial score (nSPS) is 18.4. The summed E-state index contributed by atoms with van der Waals surface area (Å²) in [5, 5.41) is 2.81. The van der Waals surface area contributed by atoms with Gasteiger partial charge in [0, 0.05) is 28.8 Å². The molecule has 31 heavy (non-hydrogen) atoms. The lowest BCUT2D eigenvalue weighted by molar-refractivity contribution is -0.118. The van der Waals surface area contributed by atoms with Gasteiger partial charge in [0.1, 0.15) is 4.99 Å². The number of nitrogens with one attached hydrogen (secondary N) is 1. The first-order valence-electron chi connectivity index (χ1n) is 10.3. The van der Waals surface area contributed by atoms with Crippen molar-refractivity contribution in [3.63, 3.8) is 0 Å². The lowest BCUT2D eigenvalue weighted by Crippen LogP contribution is -2.47. The number of ether oxygens (including phenoxy) is 3. The zero-order chi connectivity index (χ0) is 22.4. The molecule has 2 aromatic rings. The number of morpholine rings is 1. The highest BCUT2D eigenvalue weighted by molar-refractivity contribution is 9.10. The standard InChI is InChI=1S/C23H27BrN2O4S/c1-4-28-21-11-17(23(31)26-12-15(2)30-16(3)13-26)5-10-20(21)29-14-22(27)25-19-8-6-18(24)7-9-19/h5-11,15-16H,4,12-14H2,1-3H3,(H,25,27)/t15-,16-/m0/s1. The molecule has 0 bridgehead atoms. The van der Waals surface area contributed by atoms with Crippen LogP contribution in [0.1, 0.15) is 26.3 Å². The average molecular weight is 507 g/mol. The van der Waals surface area contributed by atoms with E-state index in [4.69, 9.17) is 26.4 Å². The van der Waals surface area contributed by atoms with E-state index >= 15 is 0 Å². The van der Waals surface area contributed by atoms with Crippen molar-refractivity contribution < 1.29 is 19.0 Å². The zero-order valence-corrected chi connectivity index (χ0v) is 20.3. The largest absolute Gasteiger partial charge is 0.490 e. The molecule has 1 fully saturated rings. The van der Waals surface area contributed by atoms with Crippen molar-refractivity contribution in [1.29, 1.82) is 0 Å². The van der Waals surface area contributed by atoms with Gasteiger partial charge in [0.05, 0.1) is 18.8 Å². The number of anilines is 1. The van der Waals surface area contributed by atoms with Gasteiger partial charge < -0.3 is 24.4 Å². The van der Waals surface area contributed by atoms with Crippen LogP contribution in [0.4, 0.5) is 5.69 Å². The van der Waals surface area contributed by atoms with Crippen LogP contribution in [0.15, 0.2) is 46.9 Å². The second-order valence-corrected chi connectivity index (χ2v) is 8.71. The fraction of sp³-hybridized carbons (Fsp3) is 0.391. The number of benzene rings is 2. The summed E-state index contributed by atoms with van der Waals surface area (Å²) < 4.78 is 18.2. The molecule has 0 saturated carbocycles. The Labute approximate surface area is 197 Å². The lowest BCUT2D eigenvalue weighted by atomic mass is 10.1. The molecule has 0 aliphatic carbocycles. The van der Waals surface area contributed by atoms with E-state index in [0.29, 0.717) is 23.8 Å². The molecule has 1 amide bonds. The van der Waals surface area contributed by atoms with Crippen molar-refractivity contribution in [3.05, 3.63) is 52.5 Å². The number of hydrogen-bond donors (Lipinski definition) is 1. The lowest BCUT2D eigenvalue weighted by Gasteiger charge is -2.37. The second-order valence-electron chi connectivity index (χ2n) is 7.41. The molecule has 0 unspecified atom stereocenters. The Balaban J connectivity index is 1.66. The highest BCUT2D eigenvalue weighted by Gasteiger charge is 2.25. The molecular formula is C23H27BrN2O4S. The van der Waals surface area contributed by atoms with Crippen LogP contribution in [0.2, 0.25) is 0 Å². The first-order valence-corrected chi connectivity index (χ1v) is 11.5. The minimum Gasteiger partial charge on any atom is -0.490 e. The Kier molecular flexibility index (Phi) is 8.28. The monoisotopic (exact) mass is 506 g/mol. The zero-order valence-electron chi connectivity index (χ0n) is 17.9. The first-order chi connectivity index (χ1) is 14.9. The molecule has 1 N–H and O–H groups in total. The molecule has 1 aliphatic rings. The summed E-state index contributed by atoms with van der Waals surface area (Å²) in [5.41, 5.74) is 1.59. The molecule has 0 aromatic heterocycles. The van der Waals surface area contributed by atoms with Crippen LogP contribution in [0, 0.1) is 0 Å². The van der Waals surface area contributed by atoms with Gasteiger partial charge in [0.15, 0.2) is 18.1 Å². The molecule has 2 aromatic carbocycles. The van der Waals surface area contributed by atoms with Crippen molar-refractivity contribution in [3.8, 4) is 11.5 Å². The van der Waals surface area contributed by atoms with E-state index in [-0.39, 0.29) is 24.7 Å². The van der Waals surface area contributed by atoms with E-state index in [9.17, 15) is 4.79 Å². The third-order valence-electron chi connectivity index (χ3n) is 4.68. The highest BCUT2D eigenvalue weighted by Crippen LogP contribution is 2.30. The van der Waals surface area contributed by atoms with Crippen LogP contribution in [0.5, 0.6) is 11.5 Å². The summed E-state index contributed by atoms with van der Waals surface area (Å²) >= 11 is 9.10. The van der Waals surface area contributed by atoms with Gasteiger partial charge in [0.2, 0.25) is 0 Å².